The van der Waals surface area contributed by atoms with Crippen LogP contribution >= 0.6 is 0 Å². The van der Waals surface area contributed by atoms with Crippen molar-refractivity contribution in [2.24, 2.45) is 10.8 Å². The normalized spacial score (nSPS) is 13.9. The maximum absolute atomic E-state index is 12.2. The number of furan rings is 2. The predicted octanol–water partition coefficient (Wildman–Crippen LogP) is 12.7. The van der Waals surface area contributed by atoms with E-state index in [1.54, 1.807) is 6.33 Å². The number of aliphatic hydroxyl groups is 1. The third-order valence-electron chi connectivity index (χ3n) is 11.9. The van der Waals surface area contributed by atoms with Crippen LogP contribution in [0.4, 0.5) is 0 Å². The number of fused-ring (bicyclic) bond motifs is 8. The van der Waals surface area contributed by atoms with Gasteiger partial charge in [-0.05, 0) is 60.8 Å². The van der Waals surface area contributed by atoms with E-state index in [0.717, 1.165) is 81.3 Å². The summed E-state index contributed by atoms with van der Waals surface area (Å²) in [5, 5.41) is 12.3. The van der Waals surface area contributed by atoms with Gasteiger partial charge >= 0.3 is 0 Å². The number of carbonyl (C=O) groups excluding carboxylic acids is 1. The van der Waals surface area contributed by atoms with Gasteiger partial charge in [0.1, 0.15) is 40.1 Å². The maximum atomic E-state index is 12.2. The summed E-state index contributed by atoms with van der Waals surface area (Å²) >= 11 is 0. The van der Waals surface area contributed by atoms with E-state index in [9.17, 15) is 9.90 Å². The van der Waals surface area contributed by atoms with Crippen molar-refractivity contribution in [1.29, 1.82) is 0 Å². The van der Waals surface area contributed by atoms with Crippen LogP contribution in [0.2, 0.25) is 0 Å². The van der Waals surface area contributed by atoms with Gasteiger partial charge in [-0.15, -0.1) is 29.3 Å². The van der Waals surface area contributed by atoms with Crippen molar-refractivity contribution < 1.29 is 38.8 Å². The van der Waals surface area contributed by atoms with E-state index < -0.39 is 0 Å². The Kier molecular flexibility index (Phi) is 11.1. The number of benzene rings is 3. The van der Waals surface area contributed by atoms with Gasteiger partial charge in [0.25, 0.3) is 0 Å². The molecule has 0 bridgehead atoms. The van der Waals surface area contributed by atoms with Gasteiger partial charge in [-0.1, -0.05) is 99.1 Å². The van der Waals surface area contributed by atoms with Crippen LogP contribution in [0.15, 0.2) is 81.6 Å². The zero-order chi connectivity index (χ0) is 36.9. The van der Waals surface area contributed by atoms with E-state index in [2.05, 4.69) is 69.1 Å². The van der Waals surface area contributed by atoms with E-state index in [1.807, 2.05) is 65.8 Å². The Balaban J connectivity index is 0.000000250. The third-order valence-corrected chi connectivity index (χ3v) is 11.9. The maximum Gasteiger partial charge on any atom is 0.164 e. The average molecular weight is 876 g/mol. The van der Waals surface area contributed by atoms with E-state index in [-0.39, 0.29) is 47.9 Å². The first-order chi connectivity index (χ1) is 24.2. The van der Waals surface area contributed by atoms with Gasteiger partial charge in [0.2, 0.25) is 0 Å². The van der Waals surface area contributed by atoms with Crippen LogP contribution in [0, 0.1) is 16.9 Å². The first-order valence-corrected chi connectivity index (χ1v) is 18.4. The van der Waals surface area contributed by atoms with Crippen LogP contribution < -0.4 is 0 Å². The van der Waals surface area contributed by atoms with E-state index >= 15 is 0 Å². The molecule has 3 aromatic heterocycles. The number of ketones is 1. The molecule has 3 aromatic carbocycles. The van der Waals surface area contributed by atoms with Crippen LogP contribution in [-0.2, 0) is 30.3 Å². The predicted molar refractivity (Wildman–Crippen MR) is 208 cm³/mol. The minimum Gasteiger partial charge on any atom is -0.512 e. The van der Waals surface area contributed by atoms with Crippen LogP contribution in [0.3, 0.4) is 0 Å². The molecule has 7 rings (SSSR count). The molecule has 7 heteroatoms. The van der Waals surface area contributed by atoms with Gasteiger partial charge in [0, 0.05) is 59.0 Å². The second-order valence-electron chi connectivity index (χ2n) is 15.4. The summed E-state index contributed by atoms with van der Waals surface area (Å²) in [6, 6.07) is 22.2. The molecule has 0 fully saturated rings. The first-order valence-electron chi connectivity index (χ1n) is 18.4. The molecule has 0 atom stereocenters. The van der Waals surface area contributed by atoms with Gasteiger partial charge in [-0.2, -0.15) is 0 Å². The number of hydrogen-bond acceptors (Lipinski definition) is 6. The van der Waals surface area contributed by atoms with Gasteiger partial charge in [-0.3, -0.25) is 9.78 Å². The topological polar surface area (TPSA) is 89.4 Å². The molecular weight excluding hydrogens is 825 g/mol. The second kappa shape index (κ2) is 14.8. The average Bonchev–Trinajstić information content (AvgIpc) is 3.79. The molecule has 0 unspecified atom stereocenters. The van der Waals surface area contributed by atoms with Crippen molar-refractivity contribution in [1.82, 2.24) is 9.97 Å². The summed E-state index contributed by atoms with van der Waals surface area (Å²) in [6.45, 7) is 21.0. The summed E-state index contributed by atoms with van der Waals surface area (Å²) in [5.41, 5.74) is 8.85. The largest absolute Gasteiger partial charge is 0.512 e. The molecule has 275 valence electrons. The number of aromatic nitrogens is 2. The number of hydrogen-bond donors (Lipinski definition) is 1. The molecule has 1 aliphatic carbocycles. The monoisotopic (exact) mass is 876 g/mol. The molecule has 1 radical (unpaired) electrons. The van der Waals surface area contributed by atoms with Crippen molar-refractivity contribution >= 4 is 38.8 Å². The Morgan fingerprint density at radius 1 is 0.885 bits per heavy atom. The molecule has 0 amide bonds. The number of allylic oxidation sites excluding steroid dienone is 2. The van der Waals surface area contributed by atoms with Crippen molar-refractivity contribution in [2.45, 2.75) is 106 Å². The second-order valence-corrected chi connectivity index (χ2v) is 15.4. The number of aliphatic hydroxyl groups excluding tert-OH is 1. The van der Waals surface area contributed by atoms with E-state index in [4.69, 9.17) is 13.8 Å². The molecule has 52 heavy (non-hydrogen) atoms. The fraction of sp³-hybridized carbons (Fsp3) is 0.400. The van der Waals surface area contributed by atoms with Gasteiger partial charge < -0.3 is 13.9 Å². The Bertz CT molecular complexity index is 2280. The zero-order valence-electron chi connectivity index (χ0n) is 32.2. The molecule has 1 aliphatic rings. The summed E-state index contributed by atoms with van der Waals surface area (Å²) < 4.78 is 12.7. The minimum absolute atomic E-state index is 0. The summed E-state index contributed by atoms with van der Waals surface area (Å²) in [6.07, 6.45) is 6.39. The fourth-order valence-electron chi connectivity index (χ4n) is 7.32. The summed E-state index contributed by atoms with van der Waals surface area (Å²) in [7, 11) is 0. The first kappa shape index (κ1) is 39.2. The summed E-state index contributed by atoms with van der Waals surface area (Å²) in [5.74, 6) is 1.65. The van der Waals surface area contributed by atoms with Crippen LogP contribution in [-0.4, -0.2) is 20.9 Å². The van der Waals surface area contributed by atoms with E-state index in [1.165, 1.54) is 17.2 Å². The third kappa shape index (κ3) is 6.45. The Hall–Kier alpha value is -4.06. The van der Waals surface area contributed by atoms with Crippen LogP contribution in [0.25, 0.3) is 55.6 Å². The molecular formula is C45H51IrN2O4-. The number of nitrogens with zero attached hydrogens (tertiary/aromatic N) is 2. The van der Waals surface area contributed by atoms with Crippen molar-refractivity contribution in [3.63, 3.8) is 0 Å². The molecule has 0 aliphatic heterocycles. The van der Waals surface area contributed by atoms with Crippen LogP contribution in [0.1, 0.15) is 118 Å². The molecule has 1 N–H and O–H groups in total. The van der Waals surface area contributed by atoms with Crippen molar-refractivity contribution in [2.75, 3.05) is 0 Å². The minimum atomic E-state index is -0.337. The summed E-state index contributed by atoms with van der Waals surface area (Å²) in [4.78, 5) is 21.5. The van der Waals surface area contributed by atoms with Crippen molar-refractivity contribution in [3.05, 3.63) is 95.5 Å². The molecule has 0 saturated heterocycles. The Morgan fingerprint density at radius 3 is 2.19 bits per heavy atom. The SMILES string of the molecule is CC(C)c1ccc2oc3c(-c4[c-]ccc5c4C(C)(C)c4c-5oc5ccccc45)ncnc3c2c1.CCC(C)(CC)C(=O)/C=C(\O)C(C)(CC)CC.[Ir]. The number of carbonyl (C=O) groups is 1. The smallest absolute Gasteiger partial charge is 0.164 e. The molecule has 0 spiro atoms. The van der Waals surface area contributed by atoms with Gasteiger partial charge in [0.05, 0.1) is 0 Å². The Morgan fingerprint density at radius 2 is 1.54 bits per heavy atom. The number of para-hydroxylation sites is 1. The van der Waals surface area contributed by atoms with Gasteiger partial charge in [0.15, 0.2) is 5.78 Å². The molecule has 3 heterocycles. The molecule has 6 nitrogen and oxygen atoms in total. The van der Waals surface area contributed by atoms with Crippen molar-refractivity contribution in [3.8, 4) is 22.6 Å². The molecule has 6 aromatic rings. The zero-order valence-corrected chi connectivity index (χ0v) is 34.6. The molecule has 0 saturated carbocycles. The fourth-order valence-corrected chi connectivity index (χ4v) is 7.32. The van der Waals surface area contributed by atoms with Gasteiger partial charge in [-0.25, -0.2) is 4.98 Å². The Labute approximate surface area is 321 Å². The van der Waals surface area contributed by atoms with E-state index in [0.29, 0.717) is 11.5 Å². The number of rotatable bonds is 9. The standard InChI is InChI=1S/C30H23N2O2.C15H28O2.Ir/c1-16(2)17-12-13-23-21(14-17)27-29(34-23)26(31-15-32-27)19-9-7-10-20-24(19)30(3,4)25-18-8-5-6-11-22(18)33-28(20)25;1-7-14(5,8-2)12(16)11-13(17)15(6,9-3)10-4;/h5-8,10-16H,1-4H3;11,16H,7-10H2,1-6H3;/q-1;;/b;12-11-;. The van der Waals surface area contributed by atoms with Crippen LogP contribution in [0.5, 0.6) is 0 Å². The quantitative estimate of drug-likeness (QED) is 0.0884.